The van der Waals surface area contributed by atoms with Gasteiger partial charge >= 0.3 is 5.97 Å². The van der Waals surface area contributed by atoms with Crippen LogP contribution in [0.2, 0.25) is 5.02 Å². The van der Waals surface area contributed by atoms with Gasteiger partial charge in [-0.3, -0.25) is 9.78 Å². The maximum atomic E-state index is 11.9. The lowest BCUT2D eigenvalue weighted by molar-refractivity contribution is -0.119. The predicted octanol–water partition coefficient (Wildman–Crippen LogP) is 2.24. The molecule has 0 spiro atoms. The van der Waals surface area contributed by atoms with E-state index >= 15 is 0 Å². The highest BCUT2D eigenvalue weighted by atomic mass is 35.5. The summed E-state index contributed by atoms with van der Waals surface area (Å²) in [6.07, 6.45) is 4.04. The first-order chi connectivity index (χ1) is 11.0. The third kappa shape index (κ3) is 4.40. The Bertz CT molecular complexity index is 722. The highest BCUT2D eigenvalue weighted by Crippen LogP contribution is 2.30. The number of rotatable bonds is 5. The lowest BCUT2D eigenvalue weighted by Crippen LogP contribution is -2.21. The van der Waals surface area contributed by atoms with E-state index in [-0.39, 0.29) is 5.69 Å². The molecule has 8 heteroatoms. The molecule has 1 aromatic carbocycles. The van der Waals surface area contributed by atoms with Crippen molar-refractivity contribution in [2.24, 2.45) is 0 Å². The average Bonchev–Trinajstić information content (AvgIpc) is 2.56. The summed E-state index contributed by atoms with van der Waals surface area (Å²) < 4.78 is 10.0. The third-order valence-electron chi connectivity index (χ3n) is 2.86. The highest BCUT2D eigenvalue weighted by molar-refractivity contribution is 6.31. The van der Waals surface area contributed by atoms with Gasteiger partial charge in [-0.05, 0) is 18.6 Å². The molecule has 0 saturated heterocycles. The zero-order valence-corrected chi connectivity index (χ0v) is 13.3. The monoisotopic (exact) mass is 335 g/mol. The molecule has 1 aromatic heterocycles. The highest BCUT2D eigenvalue weighted by Gasteiger charge is 2.14. The number of nitrogens with zero attached hydrogens (tertiary/aromatic N) is 2. The van der Waals surface area contributed by atoms with Crippen molar-refractivity contribution in [1.29, 1.82) is 0 Å². The number of nitrogens with one attached hydrogen (secondary N) is 1. The molecule has 0 aliphatic heterocycles. The average molecular weight is 336 g/mol. The van der Waals surface area contributed by atoms with Gasteiger partial charge in [0.1, 0.15) is 5.75 Å². The van der Waals surface area contributed by atoms with E-state index in [1.54, 1.807) is 19.1 Å². The topological polar surface area (TPSA) is 90.4 Å². The molecule has 23 heavy (non-hydrogen) atoms. The summed E-state index contributed by atoms with van der Waals surface area (Å²) in [7, 11) is 1.46. The molecule has 1 amide bonds. The second kappa shape index (κ2) is 7.55. The van der Waals surface area contributed by atoms with Crippen LogP contribution in [0.5, 0.6) is 5.75 Å². The zero-order valence-electron chi connectivity index (χ0n) is 12.5. The van der Waals surface area contributed by atoms with Gasteiger partial charge in [-0.25, -0.2) is 9.78 Å². The number of aryl methyl sites for hydroxylation is 1. The molecule has 7 nitrogen and oxygen atoms in total. The van der Waals surface area contributed by atoms with Crippen LogP contribution in [0.25, 0.3) is 0 Å². The first-order valence-corrected chi connectivity index (χ1v) is 6.96. The van der Waals surface area contributed by atoms with E-state index in [9.17, 15) is 9.59 Å². The lowest BCUT2D eigenvalue weighted by Gasteiger charge is -2.12. The Hall–Kier alpha value is -2.67. The van der Waals surface area contributed by atoms with E-state index in [0.717, 1.165) is 5.56 Å². The van der Waals surface area contributed by atoms with Crippen LogP contribution in [0.15, 0.2) is 30.7 Å². The Morgan fingerprint density at radius 3 is 2.74 bits per heavy atom. The van der Waals surface area contributed by atoms with Crippen LogP contribution in [-0.4, -0.2) is 35.6 Å². The standard InChI is InChI=1S/C15H14ClN3O4/c1-9-5-11(13(22-2)6-10(9)16)19-14(20)8-23-15(21)12-7-17-3-4-18-12/h3-7H,8H2,1-2H3,(H,19,20). The van der Waals surface area contributed by atoms with Crippen molar-refractivity contribution in [3.8, 4) is 5.75 Å². The number of halogens is 1. The zero-order chi connectivity index (χ0) is 16.8. The molecule has 2 aromatic rings. The molecular weight excluding hydrogens is 322 g/mol. The number of benzene rings is 1. The van der Waals surface area contributed by atoms with Crippen molar-refractivity contribution >= 4 is 29.2 Å². The molecule has 120 valence electrons. The Labute approximate surface area is 137 Å². The maximum Gasteiger partial charge on any atom is 0.359 e. The van der Waals surface area contributed by atoms with Crippen molar-refractivity contribution in [3.05, 3.63) is 47.0 Å². The van der Waals surface area contributed by atoms with Crippen LogP contribution >= 0.6 is 11.6 Å². The minimum Gasteiger partial charge on any atom is -0.495 e. The van der Waals surface area contributed by atoms with Gasteiger partial charge in [-0.1, -0.05) is 11.6 Å². The molecule has 0 radical (unpaired) electrons. The number of esters is 1. The Morgan fingerprint density at radius 2 is 2.09 bits per heavy atom. The van der Waals surface area contributed by atoms with Gasteiger partial charge in [0, 0.05) is 23.5 Å². The van der Waals surface area contributed by atoms with Crippen LogP contribution in [0.4, 0.5) is 5.69 Å². The van der Waals surface area contributed by atoms with Crippen molar-refractivity contribution < 1.29 is 19.1 Å². The van der Waals surface area contributed by atoms with E-state index in [1.807, 2.05) is 0 Å². The van der Waals surface area contributed by atoms with Gasteiger partial charge < -0.3 is 14.8 Å². The number of anilines is 1. The van der Waals surface area contributed by atoms with Gasteiger partial charge in [0.05, 0.1) is 19.0 Å². The van der Waals surface area contributed by atoms with Crippen LogP contribution < -0.4 is 10.1 Å². The van der Waals surface area contributed by atoms with Crippen molar-refractivity contribution in [2.45, 2.75) is 6.92 Å². The molecule has 1 heterocycles. The molecule has 0 aliphatic rings. The number of carbonyl (C=O) groups excluding carboxylic acids is 2. The SMILES string of the molecule is COc1cc(Cl)c(C)cc1NC(=O)COC(=O)c1cnccn1. The maximum absolute atomic E-state index is 11.9. The van der Waals surface area contributed by atoms with Crippen LogP contribution in [0.1, 0.15) is 16.1 Å². The van der Waals surface area contributed by atoms with E-state index in [1.165, 1.54) is 25.7 Å². The number of carbonyl (C=O) groups is 2. The number of hydrogen-bond acceptors (Lipinski definition) is 6. The second-order valence-corrected chi connectivity index (χ2v) is 4.92. The summed E-state index contributed by atoms with van der Waals surface area (Å²) in [5, 5.41) is 3.12. The second-order valence-electron chi connectivity index (χ2n) is 4.52. The molecule has 0 fully saturated rings. The molecule has 0 saturated carbocycles. The smallest absolute Gasteiger partial charge is 0.359 e. The first-order valence-electron chi connectivity index (χ1n) is 6.58. The first kappa shape index (κ1) is 16.7. The quantitative estimate of drug-likeness (QED) is 0.843. The number of amides is 1. The predicted molar refractivity (Wildman–Crippen MR) is 83.7 cm³/mol. The summed E-state index contributed by atoms with van der Waals surface area (Å²) in [5.74, 6) is -0.830. The Kier molecular flexibility index (Phi) is 5.48. The Morgan fingerprint density at radius 1 is 1.30 bits per heavy atom. The van der Waals surface area contributed by atoms with Gasteiger partial charge in [0.25, 0.3) is 5.91 Å². The molecule has 0 unspecified atom stereocenters. The molecular formula is C15H14ClN3O4. The third-order valence-corrected chi connectivity index (χ3v) is 3.27. The summed E-state index contributed by atoms with van der Waals surface area (Å²) in [6, 6.07) is 3.27. The van der Waals surface area contributed by atoms with Crippen LogP contribution in [-0.2, 0) is 9.53 Å². The van der Waals surface area contributed by atoms with E-state index in [2.05, 4.69) is 15.3 Å². The normalized spacial score (nSPS) is 10.0. The summed E-state index contributed by atoms with van der Waals surface area (Å²) in [6.45, 7) is 1.34. The largest absolute Gasteiger partial charge is 0.495 e. The number of hydrogen-bond donors (Lipinski definition) is 1. The Balaban J connectivity index is 1.98. The van der Waals surface area contributed by atoms with Gasteiger partial charge in [0.15, 0.2) is 12.3 Å². The molecule has 2 rings (SSSR count). The summed E-state index contributed by atoms with van der Waals surface area (Å²) in [5.41, 5.74) is 1.24. The minimum absolute atomic E-state index is 0.0280. The number of aromatic nitrogens is 2. The lowest BCUT2D eigenvalue weighted by atomic mass is 10.2. The fourth-order valence-corrected chi connectivity index (χ4v) is 1.88. The van der Waals surface area contributed by atoms with E-state index < -0.39 is 18.5 Å². The van der Waals surface area contributed by atoms with E-state index in [4.69, 9.17) is 21.1 Å². The molecule has 0 bridgehead atoms. The van der Waals surface area contributed by atoms with Crippen LogP contribution in [0.3, 0.4) is 0 Å². The van der Waals surface area contributed by atoms with E-state index in [0.29, 0.717) is 16.5 Å². The summed E-state index contributed by atoms with van der Waals surface area (Å²) in [4.78, 5) is 31.1. The molecule has 0 aliphatic carbocycles. The van der Waals surface area contributed by atoms with Crippen molar-refractivity contribution in [1.82, 2.24) is 9.97 Å². The van der Waals surface area contributed by atoms with Gasteiger partial charge in [-0.15, -0.1) is 0 Å². The number of methoxy groups -OCH3 is 1. The molecule has 0 atom stereocenters. The van der Waals surface area contributed by atoms with Crippen LogP contribution in [0, 0.1) is 6.92 Å². The minimum atomic E-state index is -0.729. The van der Waals surface area contributed by atoms with Crippen molar-refractivity contribution in [2.75, 3.05) is 19.0 Å². The fourth-order valence-electron chi connectivity index (χ4n) is 1.73. The molecule has 1 N–H and O–H groups in total. The van der Waals surface area contributed by atoms with Gasteiger partial charge in [-0.2, -0.15) is 0 Å². The van der Waals surface area contributed by atoms with Gasteiger partial charge in [0.2, 0.25) is 0 Å². The summed E-state index contributed by atoms with van der Waals surface area (Å²) >= 11 is 6.00. The van der Waals surface area contributed by atoms with Crippen molar-refractivity contribution in [3.63, 3.8) is 0 Å². The number of ether oxygens (including phenoxy) is 2. The fraction of sp³-hybridized carbons (Fsp3) is 0.200.